The van der Waals surface area contributed by atoms with E-state index in [0.717, 1.165) is 23.1 Å². The van der Waals surface area contributed by atoms with Crippen molar-refractivity contribution in [3.63, 3.8) is 0 Å². The lowest BCUT2D eigenvalue weighted by atomic mass is 9.86. The molecule has 0 radical (unpaired) electrons. The van der Waals surface area contributed by atoms with E-state index in [-0.39, 0.29) is 11.5 Å². The van der Waals surface area contributed by atoms with Gasteiger partial charge in [-0.05, 0) is 56.5 Å². The average Bonchev–Trinajstić information content (AvgIpc) is 2.62. The number of hydrogen-bond acceptors (Lipinski definition) is 4. The molecule has 0 aliphatic rings. The number of carbonyl (C=O) groups is 1. The van der Waals surface area contributed by atoms with E-state index in [1.54, 1.807) is 6.07 Å². The van der Waals surface area contributed by atoms with Crippen molar-refractivity contribution in [1.29, 1.82) is 5.26 Å². The lowest BCUT2D eigenvalue weighted by Crippen LogP contribution is -2.13. The lowest BCUT2D eigenvalue weighted by molar-refractivity contribution is 0.101. The van der Waals surface area contributed by atoms with Crippen LogP contribution in [0.3, 0.4) is 0 Å². The maximum Gasteiger partial charge on any atom is 0.163 e. The third-order valence-corrected chi connectivity index (χ3v) is 4.51. The van der Waals surface area contributed by atoms with E-state index in [0.29, 0.717) is 24.3 Å². The SMILES string of the molecule is CCCc1c(COc2ccc(C(C)(C)C#N)cc2)ccc(C(C)=O)c1O. The predicted molar refractivity (Wildman–Crippen MR) is 102 cm³/mol. The van der Waals surface area contributed by atoms with Gasteiger partial charge in [-0.3, -0.25) is 4.79 Å². The Kier molecular flexibility index (Phi) is 6.05. The summed E-state index contributed by atoms with van der Waals surface area (Å²) in [5, 5.41) is 19.6. The molecule has 0 amide bonds. The Labute approximate surface area is 155 Å². The number of ether oxygens (including phenoxy) is 1. The minimum absolute atomic E-state index is 0.0616. The summed E-state index contributed by atoms with van der Waals surface area (Å²) >= 11 is 0. The van der Waals surface area contributed by atoms with E-state index in [1.807, 2.05) is 51.1 Å². The van der Waals surface area contributed by atoms with Gasteiger partial charge in [0.2, 0.25) is 0 Å². The molecule has 0 heterocycles. The fourth-order valence-electron chi connectivity index (χ4n) is 2.82. The fourth-order valence-corrected chi connectivity index (χ4v) is 2.82. The highest BCUT2D eigenvalue weighted by Gasteiger charge is 2.19. The summed E-state index contributed by atoms with van der Waals surface area (Å²) in [6, 6.07) is 13.2. The van der Waals surface area contributed by atoms with E-state index in [4.69, 9.17) is 4.74 Å². The third kappa shape index (κ3) is 4.23. The molecule has 2 aromatic carbocycles. The van der Waals surface area contributed by atoms with Crippen LogP contribution >= 0.6 is 0 Å². The van der Waals surface area contributed by atoms with Gasteiger partial charge in [-0.1, -0.05) is 31.5 Å². The molecule has 0 fully saturated rings. The quantitative estimate of drug-likeness (QED) is 0.718. The number of benzene rings is 2. The van der Waals surface area contributed by atoms with Crippen LogP contribution in [-0.2, 0) is 18.4 Å². The highest BCUT2D eigenvalue weighted by atomic mass is 16.5. The van der Waals surface area contributed by atoms with Gasteiger partial charge in [0.1, 0.15) is 18.1 Å². The molecule has 1 N–H and O–H groups in total. The first-order valence-corrected chi connectivity index (χ1v) is 8.79. The molecular weight excluding hydrogens is 326 g/mol. The average molecular weight is 351 g/mol. The number of nitrogens with zero attached hydrogens (tertiary/aromatic N) is 1. The van der Waals surface area contributed by atoms with Crippen molar-refractivity contribution >= 4 is 5.78 Å². The Morgan fingerprint density at radius 1 is 1.19 bits per heavy atom. The third-order valence-electron chi connectivity index (χ3n) is 4.51. The maximum atomic E-state index is 11.6. The molecule has 136 valence electrons. The predicted octanol–water partition coefficient (Wildman–Crippen LogP) is 4.93. The van der Waals surface area contributed by atoms with Crippen molar-refractivity contribution in [1.82, 2.24) is 0 Å². The van der Waals surface area contributed by atoms with Gasteiger partial charge >= 0.3 is 0 Å². The van der Waals surface area contributed by atoms with Gasteiger partial charge in [0, 0.05) is 5.56 Å². The van der Waals surface area contributed by atoms with E-state index < -0.39 is 5.41 Å². The molecule has 2 aromatic rings. The highest BCUT2D eigenvalue weighted by molar-refractivity contribution is 5.97. The van der Waals surface area contributed by atoms with Crippen molar-refractivity contribution in [3.05, 3.63) is 58.7 Å². The van der Waals surface area contributed by atoms with E-state index in [9.17, 15) is 15.2 Å². The molecular formula is C22H25NO3. The summed E-state index contributed by atoms with van der Waals surface area (Å²) in [6.07, 6.45) is 1.54. The number of ketones is 1. The van der Waals surface area contributed by atoms with Crippen LogP contribution in [0, 0.1) is 11.3 Å². The van der Waals surface area contributed by atoms with Crippen LogP contribution < -0.4 is 4.74 Å². The van der Waals surface area contributed by atoms with E-state index in [2.05, 4.69) is 6.07 Å². The molecule has 2 rings (SSSR count). The first-order valence-electron chi connectivity index (χ1n) is 8.79. The number of carbonyl (C=O) groups excluding carboxylic acids is 1. The summed E-state index contributed by atoms with van der Waals surface area (Å²) < 4.78 is 5.86. The van der Waals surface area contributed by atoms with Crippen LogP contribution in [0.25, 0.3) is 0 Å². The zero-order valence-corrected chi connectivity index (χ0v) is 15.8. The number of rotatable bonds is 7. The van der Waals surface area contributed by atoms with Gasteiger partial charge in [-0.15, -0.1) is 0 Å². The Balaban J connectivity index is 2.20. The molecule has 0 bridgehead atoms. The molecule has 0 saturated heterocycles. The maximum absolute atomic E-state index is 11.6. The van der Waals surface area contributed by atoms with Crippen LogP contribution in [0.4, 0.5) is 0 Å². The van der Waals surface area contributed by atoms with Crippen molar-refractivity contribution in [2.24, 2.45) is 0 Å². The summed E-state index contributed by atoms with van der Waals surface area (Å²) in [5.74, 6) is 0.606. The second-order valence-electron chi connectivity index (χ2n) is 6.96. The monoisotopic (exact) mass is 351 g/mol. The lowest BCUT2D eigenvalue weighted by Gasteiger charge is -2.17. The van der Waals surface area contributed by atoms with Crippen LogP contribution in [-0.4, -0.2) is 10.9 Å². The number of phenolic OH excluding ortho intramolecular Hbond substituents is 1. The first-order chi connectivity index (χ1) is 12.3. The molecule has 0 aliphatic heterocycles. The fraction of sp³-hybridized carbons (Fsp3) is 0.364. The largest absolute Gasteiger partial charge is 0.507 e. The second-order valence-corrected chi connectivity index (χ2v) is 6.96. The number of aromatic hydroxyl groups is 1. The van der Waals surface area contributed by atoms with Crippen molar-refractivity contribution < 1.29 is 14.6 Å². The molecule has 0 saturated carbocycles. The molecule has 0 spiro atoms. The number of hydrogen-bond donors (Lipinski definition) is 1. The highest BCUT2D eigenvalue weighted by Crippen LogP contribution is 2.29. The minimum Gasteiger partial charge on any atom is -0.507 e. The van der Waals surface area contributed by atoms with Crippen molar-refractivity contribution in [2.45, 2.75) is 52.6 Å². The Morgan fingerprint density at radius 3 is 2.38 bits per heavy atom. The zero-order valence-electron chi connectivity index (χ0n) is 15.8. The Hall–Kier alpha value is -2.80. The molecule has 0 aliphatic carbocycles. The van der Waals surface area contributed by atoms with Crippen LogP contribution in [0.1, 0.15) is 61.2 Å². The van der Waals surface area contributed by atoms with Crippen LogP contribution in [0.2, 0.25) is 0 Å². The number of phenols is 1. The molecule has 0 atom stereocenters. The smallest absolute Gasteiger partial charge is 0.163 e. The normalized spacial score (nSPS) is 11.0. The van der Waals surface area contributed by atoms with E-state index in [1.165, 1.54) is 6.92 Å². The summed E-state index contributed by atoms with van der Waals surface area (Å²) in [5.41, 5.74) is 2.38. The number of nitriles is 1. The molecule has 4 nitrogen and oxygen atoms in total. The van der Waals surface area contributed by atoms with Crippen LogP contribution in [0.15, 0.2) is 36.4 Å². The second kappa shape index (κ2) is 8.05. The molecule has 26 heavy (non-hydrogen) atoms. The van der Waals surface area contributed by atoms with Gasteiger partial charge in [0.25, 0.3) is 0 Å². The van der Waals surface area contributed by atoms with Crippen molar-refractivity contribution in [2.75, 3.05) is 0 Å². The van der Waals surface area contributed by atoms with Gasteiger partial charge in [-0.25, -0.2) is 0 Å². The summed E-state index contributed by atoms with van der Waals surface area (Å²) in [6.45, 7) is 7.53. The van der Waals surface area contributed by atoms with Crippen molar-refractivity contribution in [3.8, 4) is 17.6 Å². The minimum atomic E-state index is -0.541. The molecule has 4 heteroatoms. The van der Waals surface area contributed by atoms with Gasteiger partial charge in [-0.2, -0.15) is 5.26 Å². The molecule has 0 aromatic heterocycles. The topological polar surface area (TPSA) is 70.3 Å². The van der Waals surface area contributed by atoms with Gasteiger partial charge < -0.3 is 9.84 Å². The van der Waals surface area contributed by atoms with Gasteiger partial charge in [0.15, 0.2) is 5.78 Å². The summed E-state index contributed by atoms with van der Waals surface area (Å²) in [4.78, 5) is 11.6. The van der Waals surface area contributed by atoms with Crippen LogP contribution in [0.5, 0.6) is 11.5 Å². The number of Topliss-reactive ketones (excluding diaryl/α,β-unsaturated/α-hetero) is 1. The zero-order chi connectivity index (χ0) is 19.3. The summed E-state index contributed by atoms with van der Waals surface area (Å²) in [7, 11) is 0. The Bertz CT molecular complexity index is 830. The molecule has 0 unspecified atom stereocenters. The van der Waals surface area contributed by atoms with E-state index >= 15 is 0 Å². The standard InChI is InChI=1S/C22H25NO3/c1-5-6-20-16(7-12-19(15(2)24)21(20)25)13-26-18-10-8-17(9-11-18)22(3,4)14-23/h7-12,25H,5-6,13H2,1-4H3. The Morgan fingerprint density at radius 2 is 1.85 bits per heavy atom. The van der Waals surface area contributed by atoms with Gasteiger partial charge in [0.05, 0.1) is 17.0 Å². The first kappa shape index (κ1) is 19.5.